The van der Waals surface area contributed by atoms with Gasteiger partial charge in [-0.05, 0) is 25.3 Å². The molecule has 5 nitrogen and oxygen atoms in total. The molecule has 0 aromatic rings. The summed E-state index contributed by atoms with van der Waals surface area (Å²) in [4.78, 5) is 2.13. The van der Waals surface area contributed by atoms with Gasteiger partial charge in [-0.25, -0.2) is 0 Å². The maximum absolute atomic E-state index is 8.53. The highest BCUT2D eigenvalue weighted by molar-refractivity contribution is 5.81. The van der Waals surface area contributed by atoms with Gasteiger partial charge in [0.15, 0.2) is 5.84 Å². The monoisotopic (exact) mass is 245 g/mol. The molecule has 0 rings (SSSR count). The van der Waals surface area contributed by atoms with Gasteiger partial charge in [-0.15, -0.1) is 0 Å². The Morgan fingerprint density at radius 2 is 2.06 bits per heavy atom. The molecule has 0 aromatic carbocycles. The summed E-state index contributed by atoms with van der Waals surface area (Å²) in [6, 6.07) is 0. The predicted molar refractivity (Wildman–Crippen MR) is 70.4 cm³/mol. The maximum Gasteiger partial charge on any atom is 0.153 e. The zero-order valence-electron chi connectivity index (χ0n) is 11.4. The quantitative estimate of drug-likeness (QED) is 0.201. The Balaban J connectivity index is 3.69. The predicted octanol–water partition coefficient (Wildman–Crippen LogP) is 1.51. The van der Waals surface area contributed by atoms with Gasteiger partial charge in [0, 0.05) is 13.2 Å². The first kappa shape index (κ1) is 16.2. The van der Waals surface area contributed by atoms with Crippen molar-refractivity contribution in [1.82, 2.24) is 4.90 Å². The van der Waals surface area contributed by atoms with Crippen LogP contribution in [0.1, 0.15) is 33.6 Å². The fourth-order valence-corrected chi connectivity index (χ4v) is 1.46. The van der Waals surface area contributed by atoms with E-state index in [0.717, 1.165) is 32.5 Å². The largest absolute Gasteiger partial charge is 0.409 e. The normalized spacial score (nSPS) is 12.6. The van der Waals surface area contributed by atoms with Gasteiger partial charge in [-0.3, -0.25) is 4.90 Å². The van der Waals surface area contributed by atoms with Crippen molar-refractivity contribution in [2.45, 2.75) is 33.6 Å². The van der Waals surface area contributed by atoms with Gasteiger partial charge >= 0.3 is 0 Å². The van der Waals surface area contributed by atoms with Crippen molar-refractivity contribution in [3.8, 4) is 0 Å². The number of hydrogen-bond acceptors (Lipinski definition) is 4. The summed E-state index contributed by atoms with van der Waals surface area (Å²) in [5.41, 5.74) is 5.49. The van der Waals surface area contributed by atoms with Crippen LogP contribution >= 0.6 is 0 Å². The number of ether oxygens (including phenoxy) is 1. The van der Waals surface area contributed by atoms with Gasteiger partial charge in [0.2, 0.25) is 0 Å². The Labute approximate surface area is 105 Å². The van der Waals surface area contributed by atoms with E-state index in [1.165, 1.54) is 0 Å². The molecule has 0 radical (unpaired) electrons. The molecule has 0 saturated carbocycles. The van der Waals surface area contributed by atoms with E-state index < -0.39 is 0 Å². The molecule has 0 aliphatic rings. The Kier molecular flexibility index (Phi) is 9.86. The van der Waals surface area contributed by atoms with Crippen LogP contribution < -0.4 is 5.73 Å². The average Bonchev–Trinajstić information content (AvgIpc) is 2.28. The third-order valence-electron chi connectivity index (χ3n) is 2.45. The van der Waals surface area contributed by atoms with Crippen LogP contribution in [0.25, 0.3) is 0 Å². The van der Waals surface area contributed by atoms with Crippen LogP contribution in [-0.2, 0) is 4.74 Å². The minimum atomic E-state index is 0.251. The zero-order chi connectivity index (χ0) is 13.1. The maximum atomic E-state index is 8.53. The molecule has 0 heterocycles. The molecular formula is C12H27N3O2. The summed E-state index contributed by atoms with van der Waals surface area (Å²) in [7, 11) is 0. The van der Waals surface area contributed by atoms with Gasteiger partial charge in [0.1, 0.15) is 0 Å². The second-order valence-corrected chi connectivity index (χ2v) is 4.66. The zero-order valence-corrected chi connectivity index (χ0v) is 11.4. The van der Waals surface area contributed by atoms with Gasteiger partial charge < -0.3 is 15.7 Å². The summed E-state index contributed by atoms with van der Waals surface area (Å²) >= 11 is 0. The van der Waals surface area contributed by atoms with E-state index in [9.17, 15) is 0 Å². The molecule has 0 aliphatic heterocycles. The molecule has 0 saturated heterocycles. The van der Waals surface area contributed by atoms with Crippen molar-refractivity contribution in [2.75, 3.05) is 32.8 Å². The average molecular weight is 245 g/mol. The number of oxime groups is 1. The van der Waals surface area contributed by atoms with Crippen LogP contribution in [0, 0.1) is 5.92 Å². The molecule has 102 valence electrons. The third-order valence-corrected chi connectivity index (χ3v) is 2.45. The smallest absolute Gasteiger partial charge is 0.153 e. The third kappa shape index (κ3) is 10.1. The first-order valence-corrected chi connectivity index (χ1v) is 6.36. The van der Waals surface area contributed by atoms with Crippen LogP contribution in [0.4, 0.5) is 0 Å². The lowest BCUT2D eigenvalue weighted by atomic mass is 10.1. The second kappa shape index (κ2) is 10.4. The highest BCUT2D eigenvalue weighted by Gasteiger charge is 2.06. The second-order valence-electron chi connectivity index (χ2n) is 4.66. The van der Waals surface area contributed by atoms with Crippen molar-refractivity contribution in [3.05, 3.63) is 0 Å². The van der Waals surface area contributed by atoms with E-state index in [0.29, 0.717) is 19.1 Å². The summed E-state index contributed by atoms with van der Waals surface area (Å²) in [6.45, 7) is 10.2. The Morgan fingerprint density at radius 1 is 1.35 bits per heavy atom. The van der Waals surface area contributed by atoms with E-state index in [4.69, 9.17) is 15.7 Å². The molecule has 0 fully saturated rings. The van der Waals surface area contributed by atoms with E-state index in [2.05, 4.69) is 30.8 Å². The first-order chi connectivity index (χ1) is 8.10. The van der Waals surface area contributed by atoms with Crippen molar-refractivity contribution in [3.63, 3.8) is 0 Å². The lowest BCUT2D eigenvalue weighted by molar-refractivity contribution is 0.100. The molecule has 0 aromatic heterocycles. The molecule has 0 amide bonds. The van der Waals surface area contributed by atoms with Crippen molar-refractivity contribution in [1.29, 1.82) is 0 Å². The van der Waals surface area contributed by atoms with Crippen LogP contribution in [0.3, 0.4) is 0 Å². The minimum Gasteiger partial charge on any atom is -0.409 e. The SMILES string of the molecule is CCCN(CCOCCC(C)C)CC(N)=NO. The molecule has 0 bridgehead atoms. The number of rotatable bonds is 10. The number of hydrogen-bond donors (Lipinski definition) is 2. The lowest BCUT2D eigenvalue weighted by Gasteiger charge is -2.20. The summed E-state index contributed by atoms with van der Waals surface area (Å²) in [6.07, 6.45) is 2.14. The first-order valence-electron chi connectivity index (χ1n) is 6.36. The minimum absolute atomic E-state index is 0.251. The van der Waals surface area contributed by atoms with E-state index >= 15 is 0 Å². The fraction of sp³-hybridized carbons (Fsp3) is 0.917. The van der Waals surface area contributed by atoms with E-state index in [1.54, 1.807) is 0 Å². The summed E-state index contributed by atoms with van der Waals surface area (Å²) < 4.78 is 5.55. The Morgan fingerprint density at radius 3 is 2.59 bits per heavy atom. The number of nitrogens with zero attached hydrogens (tertiary/aromatic N) is 2. The van der Waals surface area contributed by atoms with Gasteiger partial charge in [-0.2, -0.15) is 0 Å². The molecule has 0 unspecified atom stereocenters. The van der Waals surface area contributed by atoms with Crippen molar-refractivity contribution in [2.24, 2.45) is 16.8 Å². The number of amidine groups is 1. The highest BCUT2D eigenvalue weighted by atomic mass is 16.5. The van der Waals surface area contributed by atoms with E-state index in [-0.39, 0.29) is 5.84 Å². The van der Waals surface area contributed by atoms with Gasteiger partial charge in [0.05, 0.1) is 13.2 Å². The Hall–Kier alpha value is -0.810. The summed E-state index contributed by atoms with van der Waals surface area (Å²) in [5, 5.41) is 11.5. The fourth-order valence-electron chi connectivity index (χ4n) is 1.46. The Bertz CT molecular complexity index is 208. The molecule has 0 aliphatic carbocycles. The van der Waals surface area contributed by atoms with Crippen LogP contribution in [0.5, 0.6) is 0 Å². The summed E-state index contributed by atoms with van der Waals surface area (Å²) in [5.74, 6) is 0.930. The molecule has 0 spiro atoms. The molecular weight excluding hydrogens is 218 g/mol. The van der Waals surface area contributed by atoms with Gasteiger partial charge in [0.25, 0.3) is 0 Å². The molecule has 5 heteroatoms. The van der Waals surface area contributed by atoms with Crippen molar-refractivity contribution >= 4 is 5.84 Å². The van der Waals surface area contributed by atoms with Crippen LogP contribution in [0.15, 0.2) is 5.16 Å². The van der Waals surface area contributed by atoms with Crippen LogP contribution in [0.2, 0.25) is 0 Å². The van der Waals surface area contributed by atoms with Crippen LogP contribution in [-0.4, -0.2) is 48.8 Å². The van der Waals surface area contributed by atoms with E-state index in [1.807, 2.05) is 0 Å². The number of nitrogens with two attached hydrogens (primary N) is 1. The van der Waals surface area contributed by atoms with Crippen molar-refractivity contribution < 1.29 is 9.94 Å². The molecule has 3 N–H and O–H groups in total. The molecule has 17 heavy (non-hydrogen) atoms. The topological polar surface area (TPSA) is 71.1 Å². The van der Waals surface area contributed by atoms with Gasteiger partial charge in [-0.1, -0.05) is 25.9 Å². The standard InChI is InChI=1S/C12H27N3O2/c1-4-6-15(10-12(13)14-16)7-9-17-8-5-11(2)3/h11,16H,4-10H2,1-3H3,(H2,13,14). The molecule has 0 atom stereocenters. The highest BCUT2D eigenvalue weighted by Crippen LogP contribution is 1.99. The lowest BCUT2D eigenvalue weighted by Crippen LogP contribution is -2.36.